The topological polar surface area (TPSA) is 125 Å². The molecule has 0 aliphatic carbocycles. The molecule has 0 fully saturated rings. The highest BCUT2D eigenvalue weighted by Crippen LogP contribution is 2.37. The van der Waals surface area contributed by atoms with Crippen LogP contribution in [-0.4, -0.2) is 70.9 Å². The largest absolute Gasteiger partial charge is 0.496 e. The van der Waals surface area contributed by atoms with Crippen LogP contribution in [0.5, 0.6) is 5.75 Å². The summed E-state index contributed by atoms with van der Waals surface area (Å²) in [6.07, 6.45) is 0.979. The van der Waals surface area contributed by atoms with Gasteiger partial charge in [-0.05, 0) is 42.9 Å². The van der Waals surface area contributed by atoms with Crippen LogP contribution in [0.2, 0.25) is 0 Å². The lowest BCUT2D eigenvalue weighted by molar-refractivity contribution is -0.128. The van der Waals surface area contributed by atoms with Gasteiger partial charge in [0, 0.05) is 11.8 Å². The van der Waals surface area contributed by atoms with Gasteiger partial charge in [-0.15, -0.1) is 0 Å². The molecule has 1 aliphatic heterocycles. The summed E-state index contributed by atoms with van der Waals surface area (Å²) in [6, 6.07) is 16.6. The average molecular weight is 553 g/mol. The first-order valence-electron chi connectivity index (χ1n) is 12.4. The number of nitrogens with one attached hydrogen (secondary N) is 2. The Morgan fingerprint density at radius 2 is 1.72 bits per heavy atom. The number of rotatable bonds is 8. The number of amides is 3. The zero-order valence-electron chi connectivity index (χ0n) is 22.3. The Balaban J connectivity index is 1.87. The van der Waals surface area contributed by atoms with Crippen LogP contribution in [0.15, 0.2) is 60.7 Å². The molecule has 206 valence electrons. The van der Waals surface area contributed by atoms with Gasteiger partial charge in [0.05, 0.1) is 37.6 Å². The van der Waals surface area contributed by atoms with Gasteiger partial charge in [-0.3, -0.25) is 14.4 Å². The maximum Gasteiger partial charge on any atom is 0.251 e. The van der Waals surface area contributed by atoms with Crippen molar-refractivity contribution in [1.82, 2.24) is 10.6 Å². The molecule has 4 rings (SSSR count). The van der Waals surface area contributed by atoms with Crippen LogP contribution in [0.3, 0.4) is 0 Å². The summed E-state index contributed by atoms with van der Waals surface area (Å²) in [5.74, 6) is -1.72. The number of nitrogens with zero attached hydrogens (tertiary/aromatic N) is 2. The second-order valence-electron chi connectivity index (χ2n) is 9.53. The van der Waals surface area contributed by atoms with Gasteiger partial charge < -0.3 is 25.2 Å². The molecule has 2 N–H and O–H groups in total. The Morgan fingerprint density at radius 1 is 1.05 bits per heavy atom. The molecule has 0 saturated heterocycles. The highest BCUT2D eigenvalue weighted by molar-refractivity contribution is 7.91. The van der Waals surface area contributed by atoms with Crippen molar-refractivity contribution in [1.29, 1.82) is 0 Å². The number of fused-ring (bicyclic) bond motifs is 2. The maximum absolute atomic E-state index is 14.1. The number of methoxy groups -OCH3 is 1. The predicted molar refractivity (Wildman–Crippen MR) is 151 cm³/mol. The molecular weight excluding hydrogens is 520 g/mol. The molecule has 0 saturated carbocycles. The smallest absolute Gasteiger partial charge is 0.251 e. The zero-order chi connectivity index (χ0) is 28.3. The van der Waals surface area contributed by atoms with Gasteiger partial charge in [0.15, 0.2) is 9.84 Å². The van der Waals surface area contributed by atoms with Crippen molar-refractivity contribution in [2.75, 3.05) is 42.5 Å². The summed E-state index contributed by atoms with van der Waals surface area (Å²) in [6.45, 7) is 1.51. The molecular formula is C28H32N4O6S. The van der Waals surface area contributed by atoms with Crippen molar-refractivity contribution in [3.05, 3.63) is 66.2 Å². The maximum atomic E-state index is 14.1. The Hall–Kier alpha value is -3.96. The van der Waals surface area contributed by atoms with Gasteiger partial charge in [0.25, 0.3) is 5.91 Å². The van der Waals surface area contributed by atoms with Crippen molar-refractivity contribution in [2.45, 2.75) is 25.6 Å². The minimum atomic E-state index is -3.66. The third-order valence-electron chi connectivity index (χ3n) is 6.76. The standard InChI is InChI=1S/C28H32N4O6S/c1-18(29-2)27(34)30-22-16-31(26(33)17-39(4,36)37)23-11-7-8-12-24(23)32(28(22)35)15-21-20-10-6-5-9-19(20)13-14-25(21)38-3/h5-14,18,22,29H,15-17H2,1-4H3,(H,30,34)/t18-,22-/m0/s1. The van der Waals surface area contributed by atoms with E-state index in [2.05, 4.69) is 10.6 Å². The van der Waals surface area contributed by atoms with Crippen molar-refractivity contribution in [2.24, 2.45) is 0 Å². The van der Waals surface area contributed by atoms with E-state index in [4.69, 9.17) is 4.74 Å². The molecule has 39 heavy (non-hydrogen) atoms. The minimum Gasteiger partial charge on any atom is -0.496 e. The van der Waals surface area contributed by atoms with E-state index in [0.29, 0.717) is 17.1 Å². The van der Waals surface area contributed by atoms with E-state index >= 15 is 0 Å². The first kappa shape index (κ1) is 28.1. The monoisotopic (exact) mass is 552 g/mol. The zero-order valence-corrected chi connectivity index (χ0v) is 23.1. The number of carbonyl (C=O) groups is 3. The lowest BCUT2D eigenvalue weighted by Crippen LogP contribution is -2.56. The number of hydrogen-bond acceptors (Lipinski definition) is 7. The van der Waals surface area contributed by atoms with Gasteiger partial charge in [-0.2, -0.15) is 0 Å². The molecule has 3 aromatic carbocycles. The van der Waals surface area contributed by atoms with E-state index in [1.54, 1.807) is 45.3 Å². The number of para-hydroxylation sites is 2. The fraction of sp³-hybridized carbons (Fsp3) is 0.321. The van der Waals surface area contributed by atoms with E-state index in [1.165, 1.54) is 9.80 Å². The third-order valence-corrected chi connectivity index (χ3v) is 7.53. The summed E-state index contributed by atoms with van der Waals surface area (Å²) >= 11 is 0. The second kappa shape index (κ2) is 11.4. The van der Waals surface area contributed by atoms with E-state index in [0.717, 1.165) is 22.6 Å². The fourth-order valence-corrected chi connectivity index (χ4v) is 5.26. The molecule has 0 spiro atoms. The van der Waals surface area contributed by atoms with Gasteiger partial charge in [-0.25, -0.2) is 8.42 Å². The van der Waals surface area contributed by atoms with Crippen molar-refractivity contribution in [3.63, 3.8) is 0 Å². The second-order valence-corrected chi connectivity index (χ2v) is 11.7. The molecule has 0 unspecified atom stereocenters. The number of hydrogen-bond donors (Lipinski definition) is 2. The Labute approximate surface area is 227 Å². The molecule has 2 atom stereocenters. The van der Waals surface area contributed by atoms with Crippen LogP contribution in [0.25, 0.3) is 10.8 Å². The van der Waals surface area contributed by atoms with Crippen LogP contribution in [-0.2, 0) is 30.8 Å². The molecule has 3 aromatic rings. The van der Waals surface area contributed by atoms with E-state index in [9.17, 15) is 22.8 Å². The lowest BCUT2D eigenvalue weighted by atomic mass is 10.0. The Bertz CT molecular complexity index is 1520. The first-order chi connectivity index (χ1) is 18.5. The first-order valence-corrected chi connectivity index (χ1v) is 14.5. The molecule has 0 aromatic heterocycles. The molecule has 11 heteroatoms. The van der Waals surface area contributed by atoms with Crippen molar-refractivity contribution < 1.29 is 27.5 Å². The highest BCUT2D eigenvalue weighted by Gasteiger charge is 2.38. The van der Waals surface area contributed by atoms with Crippen LogP contribution in [0, 0.1) is 0 Å². The van der Waals surface area contributed by atoms with Crippen LogP contribution >= 0.6 is 0 Å². The molecule has 0 bridgehead atoms. The Morgan fingerprint density at radius 3 is 2.38 bits per heavy atom. The lowest BCUT2D eigenvalue weighted by Gasteiger charge is -2.27. The number of likely N-dealkylation sites (N-methyl/N-ethyl adjacent to an activating group) is 1. The highest BCUT2D eigenvalue weighted by atomic mass is 32.2. The molecule has 1 aliphatic rings. The summed E-state index contributed by atoms with van der Waals surface area (Å²) in [4.78, 5) is 43.0. The van der Waals surface area contributed by atoms with Gasteiger partial charge in [-0.1, -0.05) is 42.5 Å². The van der Waals surface area contributed by atoms with Gasteiger partial charge in [0.1, 0.15) is 17.5 Å². The van der Waals surface area contributed by atoms with Crippen LogP contribution in [0.1, 0.15) is 12.5 Å². The summed E-state index contributed by atoms with van der Waals surface area (Å²) in [5.41, 5.74) is 1.54. The molecule has 0 radical (unpaired) electrons. The SMILES string of the molecule is CN[C@@H](C)C(=O)N[C@H]1CN(C(=O)CS(C)(=O)=O)c2ccccc2N(Cc2c(OC)ccc3ccccc23)C1=O. The number of carbonyl (C=O) groups excluding carboxylic acids is 3. The number of ether oxygens (including phenoxy) is 1. The predicted octanol–water partition coefficient (Wildman–Crippen LogP) is 1.87. The third kappa shape index (κ3) is 6.04. The Kier molecular flexibility index (Phi) is 8.22. The fourth-order valence-electron chi connectivity index (χ4n) is 4.65. The molecule has 3 amide bonds. The number of benzene rings is 3. The quantitative estimate of drug-likeness (QED) is 0.437. The summed E-state index contributed by atoms with van der Waals surface area (Å²) < 4.78 is 29.7. The number of sulfone groups is 1. The number of anilines is 2. The average Bonchev–Trinajstić information content (AvgIpc) is 3.02. The molecule has 10 nitrogen and oxygen atoms in total. The molecule has 1 heterocycles. The summed E-state index contributed by atoms with van der Waals surface area (Å²) in [5, 5.41) is 7.45. The van der Waals surface area contributed by atoms with Gasteiger partial charge in [0.2, 0.25) is 11.8 Å². The van der Waals surface area contributed by atoms with Crippen LogP contribution < -0.4 is 25.2 Å². The van der Waals surface area contributed by atoms with Crippen molar-refractivity contribution in [3.8, 4) is 5.75 Å². The minimum absolute atomic E-state index is 0.0857. The van der Waals surface area contributed by atoms with E-state index < -0.39 is 45.4 Å². The summed E-state index contributed by atoms with van der Waals surface area (Å²) in [7, 11) is -0.481. The normalized spacial score (nSPS) is 16.4. The van der Waals surface area contributed by atoms with Crippen molar-refractivity contribution >= 4 is 49.7 Å². The van der Waals surface area contributed by atoms with E-state index in [1.807, 2.05) is 36.4 Å². The van der Waals surface area contributed by atoms with Gasteiger partial charge >= 0.3 is 0 Å². The van der Waals surface area contributed by atoms with E-state index in [-0.39, 0.29) is 13.1 Å². The van der Waals surface area contributed by atoms with Crippen LogP contribution in [0.4, 0.5) is 11.4 Å².